The van der Waals surface area contributed by atoms with Gasteiger partial charge in [-0.25, -0.2) is 4.79 Å². The first-order valence-corrected chi connectivity index (χ1v) is 12.6. The quantitative estimate of drug-likeness (QED) is 0.324. The van der Waals surface area contributed by atoms with Gasteiger partial charge in [0.2, 0.25) is 11.8 Å². The van der Waals surface area contributed by atoms with Crippen LogP contribution < -0.4 is 10.6 Å². The second kappa shape index (κ2) is 14.4. The van der Waals surface area contributed by atoms with Crippen LogP contribution >= 0.6 is 0 Å². The van der Waals surface area contributed by atoms with Gasteiger partial charge in [-0.2, -0.15) is 0 Å². The molecule has 0 bridgehead atoms. The average Bonchev–Trinajstić information content (AvgIpc) is 2.77. The summed E-state index contributed by atoms with van der Waals surface area (Å²) in [5, 5.41) is 5.68. The summed E-state index contributed by atoms with van der Waals surface area (Å²) in [5.74, 6) is 1.97. The number of ether oxygens (including phenoxy) is 1. The van der Waals surface area contributed by atoms with Crippen LogP contribution in [0, 0.1) is 12.3 Å². The van der Waals surface area contributed by atoms with Crippen LogP contribution in [0.2, 0.25) is 0 Å². The van der Waals surface area contributed by atoms with Crippen molar-refractivity contribution in [3.8, 4) is 12.3 Å². The molecule has 35 heavy (non-hydrogen) atoms. The minimum absolute atomic E-state index is 0.0371. The summed E-state index contributed by atoms with van der Waals surface area (Å²) < 4.78 is 5.32. The largest absolute Gasteiger partial charge is 0.444 e. The van der Waals surface area contributed by atoms with Gasteiger partial charge in [0, 0.05) is 18.2 Å². The topological polar surface area (TPSA) is 87.7 Å². The summed E-state index contributed by atoms with van der Waals surface area (Å²) >= 11 is 0. The van der Waals surface area contributed by atoms with E-state index < -0.39 is 23.8 Å². The minimum Gasteiger partial charge on any atom is -0.444 e. The van der Waals surface area contributed by atoms with E-state index in [0.29, 0.717) is 17.7 Å². The molecule has 0 saturated heterocycles. The Morgan fingerprint density at radius 2 is 1.66 bits per heavy atom. The number of carbonyl (C=O) groups excluding carboxylic acids is 3. The molecule has 1 rings (SSSR count). The van der Waals surface area contributed by atoms with E-state index in [-0.39, 0.29) is 17.9 Å². The van der Waals surface area contributed by atoms with Gasteiger partial charge in [-0.1, -0.05) is 51.2 Å². The van der Waals surface area contributed by atoms with Gasteiger partial charge in [-0.05, 0) is 65.2 Å². The fraction of sp³-hybridized carbons (Fsp3) is 0.607. The molecule has 3 atom stereocenters. The maximum Gasteiger partial charge on any atom is 0.408 e. The van der Waals surface area contributed by atoms with Gasteiger partial charge in [0.05, 0.1) is 0 Å². The van der Waals surface area contributed by atoms with Gasteiger partial charge in [-0.15, -0.1) is 6.42 Å². The number of nitrogens with one attached hydrogen (secondary N) is 2. The summed E-state index contributed by atoms with van der Waals surface area (Å²) in [6.45, 7) is 13.3. The summed E-state index contributed by atoms with van der Waals surface area (Å²) in [5.41, 5.74) is 0.667. The van der Waals surface area contributed by atoms with Crippen molar-refractivity contribution >= 4 is 17.9 Å². The second-order valence-electron chi connectivity index (χ2n) is 9.97. The molecule has 0 aliphatic carbocycles. The van der Waals surface area contributed by atoms with Gasteiger partial charge < -0.3 is 20.3 Å². The second-order valence-corrected chi connectivity index (χ2v) is 9.97. The molecule has 0 aliphatic rings. The van der Waals surface area contributed by atoms with E-state index in [4.69, 9.17) is 11.2 Å². The van der Waals surface area contributed by atoms with E-state index in [1.807, 2.05) is 6.92 Å². The molecular formula is C28H43N3O4. The summed E-state index contributed by atoms with van der Waals surface area (Å²) in [6.07, 6.45) is 9.20. The number of hydrogen-bond donors (Lipinski definition) is 2. The molecule has 0 spiro atoms. The minimum atomic E-state index is -0.875. The van der Waals surface area contributed by atoms with Crippen LogP contribution in [0.1, 0.15) is 97.7 Å². The van der Waals surface area contributed by atoms with E-state index in [1.165, 1.54) is 0 Å². The van der Waals surface area contributed by atoms with Crippen LogP contribution in [-0.4, -0.2) is 47.0 Å². The van der Waals surface area contributed by atoms with E-state index in [9.17, 15) is 14.4 Å². The fourth-order valence-electron chi connectivity index (χ4n) is 3.75. The lowest BCUT2D eigenvalue weighted by Gasteiger charge is -2.34. The van der Waals surface area contributed by atoms with Gasteiger partial charge in [-0.3, -0.25) is 9.59 Å². The van der Waals surface area contributed by atoms with E-state index in [0.717, 1.165) is 32.1 Å². The number of terminal acetylenes is 1. The van der Waals surface area contributed by atoms with Crippen molar-refractivity contribution < 1.29 is 19.1 Å². The van der Waals surface area contributed by atoms with Gasteiger partial charge in [0.25, 0.3) is 0 Å². The van der Waals surface area contributed by atoms with Gasteiger partial charge >= 0.3 is 6.09 Å². The number of unbranched alkanes of at least 4 members (excludes halogenated alkanes) is 2. The average molecular weight is 486 g/mol. The zero-order chi connectivity index (χ0) is 26.6. The van der Waals surface area contributed by atoms with Crippen LogP contribution in [0.5, 0.6) is 0 Å². The van der Waals surface area contributed by atoms with Crippen LogP contribution in [-0.2, 0) is 14.3 Å². The number of nitrogens with zero attached hydrogens (tertiary/aromatic N) is 1. The van der Waals surface area contributed by atoms with Crippen molar-refractivity contribution in [1.82, 2.24) is 15.5 Å². The number of benzene rings is 1. The molecule has 194 valence electrons. The van der Waals surface area contributed by atoms with Crippen molar-refractivity contribution in [3.63, 3.8) is 0 Å². The Morgan fingerprint density at radius 3 is 2.17 bits per heavy atom. The predicted molar refractivity (Wildman–Crippen MR) is 140 cm³/mol. The molecule has 3 unspecified atom stereocenters. The molecule has 0 saturated carbocycles. The van der Waals surface area contributed by atoms with Crippen molar-refractivity contribution in [2.45, 2.75) is 104 Å². The smallest absolute Gasteiger partial charge is 0.408 e. The van der Waals surface area contributed by atoms with Gasteiger partial charge in [0.15, 0.2) is 0 Å². The van der Waals surface area contributed by atoms with Crippen molar-refractivity contribution in [2.75, 3.05) is 6.54 Å². The summed E-state index contributed by atoms with van der Waals surface area (Å²) in [7, 11) is 0. The highest BCUT2D eigenvalue weighted by molar-refractivity contribution is 5.92. The Hall–Kier alpha value is -3.01. The first-order valence-electron chi connectivity index (χ1n) is 12.6. The standard InChI is InChI=1S/C28H43N3O4/c1-9-12-13-19-31(26(33)21(5)30-27(34)35-28(6,7)8)24(25(32)29-20(4)14-10-2)23-17-15-22(11-3)16-18-23/h3,15-18,20-21,24H,9-10,12-14,19H2,1-2,4-8H3,(H,29,32)(H,30,34). The molecule has 0 fully saturated rings. The Labute approximate surface area is 211 Å². The number of carbonyl (C=O) groups is 3. The van der Waals surface area contributed by atoms with Crippen LogP contribution in [0.3, 0.4) is 0 Å². The SMILES string of the molecule is C#Cc1ccc(C(C(=O)NC(C)CCC)N(CCCCC)C(=O)C(C)NC(=O)OC(C)(C)C)cc1. The lowest BCUT2D eigenvalue weighted by Crippen LogP contribution is -2.52. The fourth-order valence-corrected chi connectivity index (χ4v) is 3.75. The van der Waals surface area contributed by atoms with Crippen molar-refractivity contribution in [3.05, 3.63) is 35.4 Å². The third kappa shape index (κ3) is 10.4. The Morgan fingerprint density at radius 1 is 1.03 bits per heavy atom. The Kier molecular flexibility index (Phi) is 12.4. The van der Waals surface area contributed by atoms with Crippen molar-refractivity contribution in [1.29, 1.82) is 0 Å². The number of hydrogen-bond acceptors (Lipinski definition) is 4. The first-order chi connectivity index (χ1) is 16.4. The third-order valence-corrected chi connectivity index (χ3v) is 5.45. The van der Waals surface area contributed by atoms with E-state index >= 15 is 0 Å². The number of alkyl carbamates (subject to hydrolysis) is 1. The lowest BCUT2D eigenvalue weighted by atomic mass is 10.00. The van der Waals surface area contributed by atoms with E-state index in [1.54, 1.807) is 56.9 Å². The highest BCUT2D eigenvalue weighted by Crippen LogP contribution is 2.24. The summed E-state index contributed by atoms with van der Waals surface area (Å²) in [4.78, 5) is 41.1. The third-order valence-electron chi connectivity index (χ3n) is 5.45. The molecule has 1 aromatic carbocycles. The lowest BCUT2D eigenvalue weighted by molar-refractivity contribution is -0.142. The van der Waals surface area contributed by atoms with Crippen molar-refractivity contribution in [2.24, 2.45) is 0 Å². The predicted octanol–water partition coefficient (Wildman–Crippen LogP) is 4.95. The molecule has 7 heteroatoms. The van der Waals surface area contributed by atoms with E-state index in [2.05, 4.69) is 30.4 Å². The van der Waals surface area contributed by atoms with Crippen LogP contribution in [0.15, 0.2) is 24.3 Å². The molecular weight excluding hydrogens is 442 g/mol. The molecule has 0 heterocycles. The molecule has 2 N–H and O–H groups in total. The normalized spacial score (nSPS) is 13.7. The monoisotopic (exact) mass is 485 g/mol. The van der Waals surface area contributed by atoms with Crippen LogP contribution in [0.25, 0.3) is 0 Å². The Balaban J connectivity index is 3.33. The first kappa shape index (κ1) is 30.0. The zero-order valence-corrected chi connectivity index (χ0v) is 22.4. The molecule has 0 aliphatic heterocycles. The molecule has 3 amide bonds. The highest BCUT2D eigenvalue weighted by Gasteiger charge is 2.34. The number of amides is 3. The molecule has 1 aromatic rings. The maximum atomic E-state index is 13.6. The van der Waals surface area contributed by atoms with Crippen LogP contribution in [0.4, 0.5) is 4.79 Å². The molecule has 0 radical (unpaired) electrons. The number of rotatable bonds is 12. The highest BCUT2D eigenvalue weighted by atomic mass is 16.6. The van der Waals surface area contributed by atoms with Gasteiger partial charge in [0.1, 0.15) is 17.7 Å². The zero-order valence-electron chi connectivity index (χ0n) is 22.4. The maximum absolute atomic E-state index is 13.6. The summed E-state index contributed by atoms with van der Waals surface area (Å²) in [6, 6.07) is 5.34. The Bertz CT molecular complexity index is 868. The molecule has 7 nitrogen and oxygen atoms in total. The molecule has 0 aromatic heterocycles.